The molecular weight excluding hydrogens is 252 g/mol. The van der Waals surface area contributed by atoms with Crippen LogP contribution < -0.4 is 0 Å². The smallest absolute Gasteiger partial charge is 0.340 e. The number of phenols is 1. The van der Waals surface area contributed by atoms with Crippen LogP contribution in [0, 0.1) is 0 Å². The van der Waals surface area contributed by atoms with Gasteiger partial charge >= 0.3 is 11.9 Å². The van der Waals surface area contributed by atoms with E-state index in [1.165, 1.54) is 6.07 Å². The molecule has 0 aliphatic heterocycles. The molecule has 0 aliphatic rings. The standard InChI is InChI=1S/C11H8O3.C2H4O3/c12-9-6-5-7-3-1-2-4-8(7)10(9)11(13)14;3-1-2(4)5/h1-6,12H,(H,13,14);3H,1H2,(H,4,5). The van der Waals surface area contributed by atoms with Gasteiger partial charge in [0, 0.05) is 0 Å². The highest BCUT2D eigenvalue weighted by Crippen LogP contribution is 2.26. The van der Waals surface area contributed by atoms with E-state index in [1.807, 2.05) is 6.07 Å². The fourth-order valence-electron chi connectivity index (χ4n) is 1.48. The van der Waals surface area contributed by atoms with Gasteiger partial charge in [0.05, 0.1) is 0 Å². The summed E-state index contributed by atoms with van der Waals surface area (Å²) in [5.74, 6) is -2.50. The van der Waals surface area contributed by atoms with Crippen molar-refractivity contribution in [3.63, 3.8) is 0 Å². The molecule has 0 aromatic heterocycles. The van der Waals surface area contributed by atoms with Crippen LogP contribution in [0.1, 0.15) is 10.4 Å². The Hall–Kier alpha value is -2.60. The van der Waals surface area contributed by atoms with E-state index in [0.29, 0.717) is 5.39 Å². The minimum Gasteiger partial charge on any atom is -0.507 e. The molecule has 0 amide bonds. The first-order valence-corrected chi connectivity index (χ1v) is 5.24. The van der Waals surface area contributed by atoms with Crippen LogP contribution in [0.3, 0.4) is 0 Å². The second-order valence-electron chi connectivity index (χ2n) is 3.54. The number of aliphatic carboxylic acids is 1. The fourth-order valence-corrected chi connectivity index (χ4v) is 1.48. The van der Waals surface area contributed by atoms with Gasteiger partial charge in [-0.25, -0.2) is 9.59 Å². The summed E-state index contributed by atoms with van der Waals surface area (Å²) >= 11 is 0. The van der Waals surface area contributed by atoms with Gasteiger partial charge in [-0.1, -0.05) is 30.3 Å². The number of benzene rings is 2. The zero-order valence-electron chi connectivity index (χ0n) is 9.78. The Morgan fingerprint density at radius 3 is 2.11 bits per heavy atom. The van der Waals surface area contributed by atoms with Crippen molar-refractivity contribution in [2.75, 3.05) is 6.61 Å². The zero-order chi connectivity index (χ0) is 14.4. The SMILES string of the molecule is O=C(O)CO.O=C(O)c1c(O)ccc2ccccc12. The molecule has 0 radical (unpaired) electrons. The minimum atomic E-state index is -1.19. The number of carbonyl (C=O) groups is 2. The molecule has 0 spiro atoms. The van der Waals surface area contributed by atoms with Gasteiger partial charge < -0.3 is 20.4 Å². The van der Waals surface area contributed by atoms with Gasteiger partial charge in [-0.15, -0.1) is 0 Å². The quantitative estimate of drug-likeness (QED) is 0.650. The summed E-state index contributed by atoms with van der Waals surface area (Å²) in [5.41, 5.74) is -0.0388. The summed E-state index contributed by atoms with van der Waals surface area (Å²) in [7, 11) is 0. The van der Waals surface area contributed by atoms with Crippen molar-refractivity contribution >= 4 is 22.7 Å². The summed E-state index contributed by atoms with van der Waals surface area (Å²) in [6.07, 6.45) is 0. The van der Waals surface area contributed by atoms with Crippen LogP contribution in [-0.4, -0.2) is 39.0 Å². The van der Waals surface area contributed by atoms with Crippen molar-refractivity contribution in [3.05, 3.63) is 42.0 Å². The number of rotatable bonds is 2. The Balaban J connectivity index is 0.000000312. The van der Waals surface area contributed by atoms with Crippen molar-refractivity contribution in [2.45, 2.75) is 0 Å². The Morgan fingerprint density at radius 2 is 1.58 bits per heavy atom. The third-order valence-corrected chi connectivity index (χ3v) is 2.26. The number of hydrogen-bond acceptors (Lipinski definition) is 4. The largest absolute Gasteiger partial charge is 0.507 e. The summed E-state index contributed by atoms with van der Waals surface area (Å²) < 4.78 is 0. The Morgan fingerprint density at radius 1 is 1.00 bits per heavy atom. The molecule has 0 saturated heterocycles. The highest BCUT2D eigenvalue weighted by molar-refractivity contribution is 6.06. The molecule has 0 fully saturated rings. The molecular formula is C13H12O6. The molecule has 6 heteroatoms. The molecule has 0 aliphatic carbocycles. The number of aromatic hydroxyl groups is 1. The van der Waals surface area contributed by atoms with E-state index >= 15 is 0 Å². The Kier molecular flexibility index (Phi) is 4.84. The molecule has 19 heavy (non-hydrogen) atoms. The zero-order valence-corrected chi connectivity index (χ0v) is 9.78. The first kappa shape index (κ1) is 14.5. The van der Waals surface area contributed by atoms with E-state index in [1.54, 1.807) is 24.3 Å². The van der Waals surface area contributed by atoms with Gasteiger partial charge in [-0.05, 0) is 16.8 Å². The van der Waals surface area contributed by atoms with Gasteiger partial charge in [-0.3, -0.25) is 0 Å². The van der Waals surface area contributed by atoms with Gasteiger partial charge in [0.1, 0.15) is 17.9 Å². The van der Waals surface area contributed by atoms with Crippen molar-refractivity contribution in [2.24, 2.45) is 0 Å². The van der Waals surface area contributed by atoms with Crippen LogP contribution >= 0.6 is 0 Å². The summed E-state index contributed by atoms with van der Waals surface area (Å²) in [5, 5.41) is 34.7. The maximum atomic E-state index is 10.9. The highest BCUT2D eigenvalue weighted by atomic mass is 16.4. The average molecular weight is 264 g/mol. The average Bonchev–Trinajstić information content (AvgIpc) is 2.38. The second-order valence-corrected chi connectivity index (χ2v) is 3.54. The van der Waals surface area contributed by atoms with Gasteiger partial charge in [0.2, 0.25) is 0 Å². The van der Waals surface area contributed by atoms with Crippen LogP contribution in [0.15, 0.2) is 36.4 Å². The predicted octanol–water partition coefficient (Wildman–Crippen LogP) is 1.31. The number of fused-ring (bicyclic) bond motifs is 1. The van der Waals surface area contributed by atoms with Crippen LogP contribution in [0.4, 0.5) is 0 Å². The number of carboxylic acids is 2. The van der Waals surface area contributed by atoms with E-state index in [-0.39, 0.29) is 11.3 Å². The van der Waals surface area contributed by atoms with Crippen molar-refractivity contribution in [1.29, 1.82) is 0 Å². The van der Waals surface area contributed by atoms with Crippen LogP contribution in [-0.2, 0) is 4.79 Å². The molecule has 0 atom stereocenters. The molecule has 4 N–H and O–H groups in total. The number of aliphatic hydroxyl groups is 1. The lowest BCUT2D eigenvalue weighted by molar-refractivity contribution is -0.140. The Bertz CT molecular complexity index is 605. The number of aliphatic hydroxyl groups excluding tert-OH is 1. The molecule has 100 valence electrons. The maximum Gasteiger partial charge on any atom is 0.340 e. The number of hydrogen-bond donors (Lipinski definition) is 4. The molecule has 6 nitrogen and oxygen atoms in total. The minimum absolute atomic E-state index is 0.0388. The van der Waals surface area contributed by atoms with E-state index < -0.39 is 18.5 Å². The first-order chi connectivity index (χ1) is 8.97. The fraction of sp³-hybridized carbons (Fsp3) is 0.0769. The number of aromatic carboxylic acids is 1. The van der Waals surface area contributed by atoms with E-state index in [4.69, 9.17) is 20.1 Å². The summed E-state index contributed by atoms with van der Waals surface area (Å²) in [6.45, 7) is -0.778. The highest BCUT2D eigenvalue weighted by Gasteiger charge is 2.12. The lowest BCUT2D eigenvalue weighted by atomic mass is 10.0. The second kappa shape index (κ2) is 6.36. The molecule has 2 rings (SSSR count). The Labute approximate surface area is 108 Å². The molecule has 0 bridgehead atoms. The third kappa shape index (κ3) is 3.68. The van der Waals surface area contributed by atoms with Crippen LogP contribution in [0.25, 0.3) is 10.8 Å². The van der Waals surface area contributed by atoms with E-state index in [9.17, 15) is 9.90 Å². The van der Waals surface area contributed by atoms with E-state index in [0.717, 1.165) is 5.39 Å². The topological polar surface area (TPSA) is 115 Å². The lowest BCUT2D eigenvalue weighted by Gasteiger charge is -2.03. The van der Waals surface area contributed by atoms with Gasteiger partial charge in [0.15, 0.2) is 0 Å². The van der Waals surface area contributed by atoms with Crippen molar-refractivity contribution < 1.29 is 30.0 Å². The third-order valence-electron chi connectivity index (χ3n) is 2.26. The lowest BCUT2D eigenvalue weighted by Crippen LogP contribution is -1.98. The molecule has 2 aromatic rings. The van der Waals surface area contributed by atoms with E-state index in [2.05, 4.69) is 0 Å². The van der Waals surface area contributed by atoms with Crippen molar-refractivity contribution in [3.8, 4) is 5.75 Å². The molecule has 0 saturated carbocycles. The van der Waals surface area contributed by atoms with Crippen LogP contribution in [0.5, 0.6) is 5.75 Å². The molecule has 2 aromatic carbocycles. The normalized spacial score (nSPS) is 9.53. The summed E-state index contributed by atoms with van der Waals surface area (Å²) in [4.78, 5) is 20.0. The van der Waals surface area contributed by atoms with Gasteiger partial charge in [-0.2, -0.15) is 0 Å². The summed E-state index contributed by atoms with van der Waals surface area (Å²) in [6, 6.07) is 10.1. The monoisotopic (exact) mass is 264 g/mol. The number of carboxylic acid groups (broad SMARTS) is 2. The van der Waals surface area contributed by atoms with Crippen molar-refractivity contribution in [1.82, 2.24) is 0 Å². The predicted molar refractivity (Wildman–Crippen MR) is 67.3 cm³/mol. The van der Waals surface area contributed by atoms with Crippen LogP contribution in [0.2, 0.25) is 0 Å². The molecule has 0 heterocycles. The maximum absolute atomic E-state index is 10.9. The van der Waals surface area contributed by atoms with Gasteiger partial charge in [0.25, 0.3) is 0 Å². The first-order valence-electron chi connectivity index (χ1n) is 5.24. The molecule has 0 unspecified atom stereocenters.